The number of carbonyl (C=O) groups excluding carboxylic acids is 2. The number of thioether (sulfide) groups is 1. The molecule has 2 N–H and O–H groups in total. The third kappa shape index (κ3) is 9.53. The summed E-state index contributed by atoms with van der Waals surface area (Å²) in [6, 6.07) is 5.13. The number of methoxy groups -OCH3 is 2. The van der Waals surface area contributed by atoms with Crippen molar-refractivity contribution < 1.29 is 47.9 Å². The van der Waals surface area contributed by atoms with Gasteiger partial charge in [0, 0.05) is 59.0 Å². The molecule has 0 aliphatic carbocycles. The van der Waals surface area contributed by atoms with Gasteiger partial charge in [0.25, 0.3) is 0 Å². The highest BCUT2D eigenvalue weighted by Gasteiger charge is 2.48. The molecular formula is C44H58IN3O10S2. The van der Waals surface area contributed by atoms with Crippen LogP contribution in [0.1, 0.15) is 63.9 Å². The van der Waals surface area contributed by atoms with Crippen LogP contribution < -0.4 is 33.7 Å². The molecule has 328 valence electrons. The molecule has 0 radical (unpaired) electrons. The molecule has 0 aromatic heterocycles. The van der Waals surface area contributed by atoms with Crippen LogP contribution in [0, 0.1) is 20.8 Å². The molecule has 3 aromatic carbocycles. The lowest BCUT2D eigenvalue weighted by atomic mass is 9.83. The molecule has 1 saturated heterocycles. The number of aromatic hydroxyl groups is 1. The number of ether oxygens (including phenoxy) is 7. The highest BCUT2D eigenvalue weighted by atomic mass is 127. The number of esters is 2. The SMILES string of the molecule is CN(C)C.COc1cc2c(cc1O)CCN[C@]21CSCC2Cc3c(cc(C)c(OC)c3OCCSI)CCCN2C(c2c(C)c(OC(C)=O)c(C)c3c2OCO3)COC1=O. The molecule has 7 rings (SSSR count). The third-order valence-electron chi connectivity index (χ3n) is 11.3. The van der Waals surface area contributed by atoms with Crippen LogP contribution in [0.4, 0.5) is 0 Å². The molecule has 3 atom stereocenters. The minimum Gasteiger partial charge on any atom is -0.504 e. The van der Waals surface area contributed by atoms with Crippen molar-refractivity contribution in [1.82, 2.24) is 15.1 Å². The van der Waals surface area contributed by atoms with E-state index in [1.165, 1.54) is 19.6 Å². The highest BCUT2D eigenvalue weighted by Crippen LogP contribution is 2.51. The fraction of sp³-hybridized carbons (Fsp3) is 0.545. The number of hydrogen-bond donors (Lipinski definition) is 2. The van der Waals surface area contributed by atoms with Crippen molar-refractivity contribution in [2.24, 2.45) is 0 Å². The fourth-order valence-electron chi connectivity index (χ4n) is 8.81. The number of rotatable bonds is 8. The number of hydrogen-bond acceptors (Lipinski definition) is 15. The van der Waals surface area contributed by atoms with Crippen LogP contribution in [0.15, 0.2) is 18.2 Å². The molecule has 4 aliphatic heterocycles. The second-order valence-electron chi connectivity index (χ2n) is 15.9. The molecule has 0 bridgehead atoms. The van der Waals surface area contributed by atoms with Gasteiger partial charge in [-0.15, -0.1) is 0 Å². The number of benzene rings is 3. The summed E-state index contributed by atoms with van der Waals surface area (Å²) in [5.41, 5.74) is 5.97. The number of cyclic esters (lactones) is 1. The maximum atomic E-state index is 14.8. The molecule has 2 unspecified atom stereocenters. The predicted octanol–water partition coefficient (Wildman–Crippen LogP) is 6.86. The Balaban J connectivity index is 0.00000144. The van der Waals surface area contributed by atoms with Crippen LogP contribution in [0.2, 0.25) is 0 Å². The molecule has 1 fully saturated rings. The molecule has 0 amide bonds. The van der Waals surface area contributed by atoms with Gasteiger partial charge in [-0.3, -0.25) is 15.0 Å². The summed E-state index contributed by atoms with van der Waals surface area (Å²) in [4.78, 5) is 31.7. The molecule has 0 saturated carbocycles. The van der Waals surface area contributed by atoms with Crippen LogP contribution in [-0.4, -0.2) is 119 Å². The molecule has 4 aliphatic rings. The van der Waals surface area contributed by atoms with Gasteiger partial charge in [-0.05, 0) is 130 Å². The van der Waals surface area contributed by atoms with Gasteiger partial charge < -0.3 is 43.2 Å². The van der Waals surface area contributed by atoms with Crippen molar-refractivity contribution in [3.05, 3.63) is 62.7 Å². The van der Waals surface area contributed by atoms with E-state index < -0.39 is 23.5 Å². The first-order valence-corrected chi connectivity index (χ1v) is 24.9. The predicted molar refractivity (Wildman–Crippen MR) is 244 cm³/mol. The van der Waals surface area contributed by atoms with Gasteiger partial charge in [0.15, 0.2) is 40.0 Å². The first-order chi connectivity index (χ1) is 28.8. The van der Waals surface area contributed by atoms with E-state index in [0.717, 1.165) is 63.5 Å². The van der Waals surface area contributed by atoms with E-state index in [2.05, 4.69) is 44.4 Å². The number of fused-ring (bicyclic) bond motifs is 5. The summed E-state index contributed by atoms with van der Waals surface area (Å²) in [5, 5.41) is 14.3. The Morgan fingerprint density at radius 3 is 2.48 bits per heavy atom. The maximum absolute atomic E-state index is 14.8. The summed E-state index contributed by atoms with van der Waals surface area (Å²) >= 11 is 3.98. The van der Waals surface area contributed by atoms with E-state index in [1.54, 1.807) is 39.9 Å². The van der Waals surface area contributed by atoms with Gasteiger partial charge in [-0.25, -0.2) is 4.79 Å². The van der Waals surface area contributed by atoms with Crippen LogP contribution in [0.25, 0.3) is 0 Å². The van der Waals surface area contributed by atoms with Gasteiger partial charge in [-0.1, -0.05) is 15.0 Å². The quantitative estimate of drug-likeness (QED) is 0.105. The summed E-state index contributed by atoms with van der Waals surface area (Å²) in [5.74, 6) is 4.38. The Kier molecular flexibility index (Phi) is 15.6. The number of halogens is 1. The summed E-state index contributed by atoms with van der Waals surface area (Å²) in [7, 11) is 10.9. The zero-order chi connectivity index (χ0) is 43.3. The Labute approximate surface area is 374 Å². The van der Waals surface area contributed by atoms with E-state index in [-0.39, 0.29) is 25.2 Å². The number of nitrogens with one attached hydrogen (secondary N) is 1. The Hall–Kier alpha value is -3.29. The maximum Gasteiger partial charge on any atom is 0.331 e. The number of nitrogens with zero attached hydrogens (tertiary/aromatic N) is 2. The molecular weight excluding hydrogens is 922 g/mol. The number of phenols is 1. The van der Waals surface area contributed by atoms with Crippen LogP contribution in [-0.2, 0) is 39.1 Å². The molecule has 3 aromatic rings. The van der Waals surface area contributed by atoms with Gasteiger partial charge in [0.1, 0.15) is 12.4 Å². The zero-order valence-corrected chi connectivity index (χ0v) is 39.9. The lowest BCUT2D eigenvalue weighted by Gasteiger charge is -2.44. The molecule has 4 heterocycles. The van der Waals surface area contributed by atoms with E-state index >= 15 is 0 Å². The summed E-state index contributed by atoms with van der Waals surface area (Å²) < 4.78 is 42.8. The molecule has 16 heteroatoms. The minimum absolute atomic E-state index is 0.00644. The van der Waals surface area contributed by atoms with Crippen molar-refractivity contribution in [2.45, 2.75) is 71.0 Å². The van der Waals surface area contributed by atoms with E-state index in [9.17, 15) is 14.7 Å². The van der Waals surface area contributed by atoms with Crippen molar-refractivity contribution in [1.29, 1.82) is 0 Å². The number of phenolic OH excluding ortho intramolecular Hbond substituents is 1. The lowest BCUT2D eigenvalue weighted by Crippen LogP contribution is -2.57. The van der Waals surface area contributed by atoms with Crippen molar-refractivity contribution in [2.75, 3.05) is 85.7 Å². The minimum atomic E-state index is -1.20. The van der Waals surface area contributed by atoms with Gasteiger partial charge in [0.2, 0.25) is 6.79 Å². The second-order valence-corrected chi connectivity index (χ2v) is 19.5. The summed E-state index contributed by atoms with van der Waals surface area (Å²) in [6.07, 6.45) is 2.93. The average Bonchev–Trinajstić information content (AvgIpc) is 3.68. The van der Waals surface area contributed by atoms with Crippen LogP contribution >= 0.6 is 41.9 Å². The van der Waals surface area contributed by atoms with E-state index in [1.807, 2.05) is 39.9 Å². The molecule has 1 spiro atoms. The Morgan fingerprint density at radius 2 is 1.78 bits per heavy atom. The largest absolute Gasteiger partial charge is 0.504 e. The van der Waals surface area contributed by atoms with Crippen molar-refractivity contribution >= 4 is 53.8 Å². The third-order valence-corrected chi connectivity index (χ3v) is 14.2. The van der Waals surface area contributed by atoms with Crippen molar-refractivity contribution in [3.63, 3.8) is 0 Å². The second kappa shape index (κ2) is 20.3. The normalized spacial score (nSPS) is 21.3. The number of aryl methyl sites for hydroxylation is 2. The van der Waals surface area contributed by atoms with Crippen molar-refractivity contribution in [3.8, 4) is 40.2 Å². The molecule has 13 nitrogen and oxygen atoms in total. The number of carbonyl (C=O) groups is 2. The average molecular weight is 980 g/mol. The van der Waals surface area contributed by atoms with Gasteiger partial charge >= 0.3 is 11.9 Å². The first-order valence-electron chi connectivity index (χ1n) is 20.2. The highest BCUT2D eigenvalue weighted by molar-refractivity contribution is 14.2. The topological polar surface area (TPSA) is 137 Å². The Morgan fingerprint density at radius 1 is 1.03 bits per heavy atom. The standard InChI is InChI=1S/C41H49IN2O10S2.C3H9N/c1-22-14-26-8-7-11-44-28(16-29(26)38(35(22)49-6)50-12-13-56-42)19-55-20-41(30-17-33(48-5)32(46)15-27(30)9-10-43-41)40(47)51-18-31(44)34-23(2)36(54-25(4)45)24(3)37-39(34)53-21-52-37;1-4(2)3/h14-15,17,28,31,43,46H,7-13,16,18-21H2,1-6H3;1-3H3/t28?,31?,41-;/m1./s1. The van der Waals surface area contributed by atoms with Gasteiger partial charge in [-0.2, -0.15) is 11.8 Å². The Bertz CT molecular complexity index is 2070. The fourth-order valence-corrected chi connectivity index (χ4v) is 10.9. The van der Waals surface area contributed by atoms with Gasteiger partial charge in [0.05, 0.1) is 26.9 Å². The van der Waals surface area contributed by atoms with Crippen LogP contribution in [0.3, 0.4) is 0 Å². The van der Waals surface area contributed by atoms with E-state index in [4.69, 9.17) is 33.2 Å². The van der Waals surface area contributed by atoms with Crippen LogP contribution in [0.5, 0.6) is 40.2 Å². The smallest absolute Gasteiger partial charge is 0.331 e. The zero-order valence-electron chi connectivity index (χ0n) is 36.1. The molecule has 60 heavy (non-hydrogen) atoms. The van der Waals surface area contributed by atoms with E-state index in [0.29, 0.717) is 72.6 Å². The lowest BCUT2D eigenvalue weighted by molar-refractivity contribution is -0.154. The first kappa shape index (κ1) is 46.2. The monoisotopic (exact) mass is 979 g/mol. The summed E-state index contributed by atoms with van der Waals surface area (Å²) in [6.45, 7) is 9.02.